The molecule has 2 aliphatic heterocycles. The number of rotatable bonds is 22. The highest BCUT2D eigenvalue weighted by Crippen LogP contribution is 2.49. The van der Waals surface area contributed by atoms with Crippen molar-refractivity contribution in [2.75, 3.05) is 19.8 Å². The molecule has 5 aromatic carbocycles. The molecule has 2 saturated heterocycles. The van der Waals surface area contributed by atoms with E-state index in [2.05, 4.69) is 17.2 Å². The van der Waals surface area contributed by atoms with Crippen LogP contribution in [0.5, 0.6) is 0 Å². The molecule has 0 unspecified atom stereocenters. The molecular formula is C54H62N2O11. The van der Waals surface area contributed by atoms with Crippen LogP contribution in [-0.4, -0.2) is 102 Å². The number of carbonyl (C=O) groups is 2. The molecule has 7 rings (SSSR count). The van der Waals surface area contributed by atoms with E-state index < -0.39 is 78.5 Å². The molecule has 10 atom stereocenters. The zero-order chi connectivity index (χ0) is 47.1. The van der Waals surface area contributed by atoms with Crippen molar-refractivity contribution in [2.45, 2.75) is 107 Å². The van der Waals surface area contributed by atoms with Gasteiger partial charge >= 0.3 is 0 Å². The Morgan fingerprint density at radius 1 is 0.627 bits per heavy atom. The fourth-order valence-electron chi connectivity index (χ4n) is 9.13. The first-order chi connectivity index (χ1) is 32.6. The smallest absolute Gasteiger partial charge is 0.217 e. The monoisotopic (exact) mass is 914 g/mol. The molecule has 0 saturated carbocycles. The average Bonchev–Trinajstić information content (AvgIpc) is 3.35. The van der Waals surface area contributed by atoms with Crippen LogP contribution in [0.15, 0.2) is 164 Å². The van der Waals surface area contributed by atoms with E-state index in [0.29, 0.717) is 5.56 Å². The van der Waals surface area contributed by atoms with Crippen LogP contribution in [0.4, 0.5) is 0 Å². The summed E-state index contributed by atoms with van der Waals surface area (Å²) >= 11 is 0. The van der Waals surface area contributed by atoms with Gasteiger partial charge in [-0.1, -0.05) is 158 Å². The Balaban J connectivity index is 1.41. The molecule has 0 aliphatic carbocycles. The molecule has 2 fully saturated rings. The molecule has 0 bridgehead atoms. The van der Waals surface area contributed by atoms with Gasteiger partial charge in [0.25, 0.3) is 0 Å². The summed E-state index contributed by atoms with van der Waals surface area (Å²) in [6.45, 7) is 6.15. The lowest BCUT2D eigenvalue weighted by molar-refractivity contribution is -0.388. The highest BCUT2D eigenvalue weighted by atomic mass is 16.7. The summed E-state index contributed by atoms with van der Waals surface area (Å²) < 4.78 is 47.7. The molecule has 354 valence electrons. The lowest BCUT2D eigenvalue weighted by atomic mass is 9.64. The Bertz CT molecular complexity index is 2280. The standard InChI is InChI=1S/C54H62N2O11/c1-4-30-62-50-47(56-39(3)59)52(65-35-44-28-18-9-19-29-44)67-53(37-57,31-40-20-10-5-11-21-40)54(50,60)51-46(55-38(2)58)49(64-34-43-26-16-8-17-27-43)48(63-33-42-24-14-7-15-25-42)45(66-51)36-61-32-41-22-12-6-13-23-41/h4-29,45-52,57,60H,1,30-37H2,2-3H3,(H,55,58)(H,56,59)/t45-,46+,47+,48-,49-,50-,51-,52+,53-,54-/m1/s1. The van der Waals surface area contributed by atoms with Crippen LogP contribution in [0, 0.1) is 0 Å². The molecule has 67 heavy (non-hydrogen) atoms. The first-order valence-corrected chi connectivity index (χ1v) is 22.7. The lowest BCUT2D eigenvalue weighted by Gasteiger charge is -2.62. The van der Waals surface area contributed by atoms with Gasteiger partial charge in [0.1, 0.15) is 42.2 Å². The predicted octanol–water partition coefficient (Wildman–Crippen LogP) is 6.00. The predicted molar refractivity (Wildman–Crippen MR) is 251 cm³/mol. The molecule has 2 amide bonds. The Morgan fingerprint density at radius 3 is 1.55 bits per heavy atom. The first-order valence-electron chi connectivity index (χ1n) is 22.7. The molecular weight excluding hydrogens is 853 g/mol. The summed E-state index contributed by atoms with van der Waals surface area (Å²) in [7, 11) is 0. The average molecular weight is 915 g/mol. The number of carbonyl (C=O) groups excluding carboxylic acids is 2. The Hall–Kier alpha value is -5.58. The minimum Gasteiger partial charge on any atom is -0.393 e. The summed E-state index contributed by atoms with van der Waals surface area (Å²) in [4.78, 5) is 26.9. The van der Waals surface area contributed by atoms with Gasteiger partial charge in [-0.3, -0.25) is 9.59 Å². The van der Waals surface area contributed by atoms with E-state index in [-0.39, 0.29) is 46.1 Å². The topological polar surface area (TPSA) is 163 Å². The highest BCUT2D eigenvalue weighted by molar-refractivity contribution is 5.74. The van der Waals surface area contributed by atoms with Gasteiger partial charge in [0.2, 0.25) is 11.8 Å². The van der Waals surface area contributed by atoms with Gasteiger partial charge < -0.3 is 54.0 Å². The number of hydrogen-bond acceptors (Lipinski definition) is 11. The third-order valence-electron chi connectivity index (χ3n) is 12.2. The molecule has 0 radical (unpaired) electrons. The molecule has 0 spiro atoms. The summed E-state index contributed by atoms with van der Waals surface area (Å²) in [5.41, 5.74) is -0.328. The summed E-state index contributed by atoms with van der Waals surface area (Å²) in [6, 6.07) is 45.2. The maximum atomic E-state index is 14.4. The molecule has 4 N–H and O–H groups in total. The van der Waals surface area contributed by atoms with Gasteiger partial charge in [0.05, 0.1) is 52.3 Å². The van der Waals surface area contributed by atoms with Crippen LogP contribution in [-0.2, 0) is 75.6 Å². The Labute approximate surface area is 393 Å². The van der Waals surface area contributed by atoms with E-state index >= 15 is 0 Å². The van der Waals surface area contributed by atoms with Crippen LogP contribution in [0.2, 0.25) is 0 Å². The van der Waals surface area contributed by atoms with E-state index in [9.17, 15) is 19.8 Å². The summed E-state index contributed by atoms with van der Waals surface area (Å²) in [6.07, 6.45) is -5.79. The van der Waals surface area contributed by atoms with Crippen molar-refractivity contribution < 1.29 is 53.0 Å². The summed E-state index contributed by atoms with van der Waals surface area (Å²) in [5.74, 6) is -0.929. The first kappa shape index (κ1) is 49.3. The molecule has 5 aromatic rings. The van der Waals surface area contributed by atoms with Gasteiger partial charge in [0.15, 0.2) is 11.9 Å². The van der Waals surface area contributed by atoms with Crippen LogP contribution in [0.3, 0.4) is 0 Å². The normalized spacial score (nSPS) is 27.2. The number of amides is 2. The maximum Gasteiger partial charge on any atom is 0.217 e. The van der Waals surface area contributed by atoms with Crippen molar-refractivity contribution in [3.05, 3.63) is 192 Å². The number of hydrogen-bond donors (Lipinski definition) is 4. The fourth-order valence-corrected chi connectivity index (χ4v) is 9.13. The second-order valence-electron chi connectivity index (χ2n) is 17.0. The third-order valence-corrected chi connectivity index (χ3v) is 12.2. The van der Waals surface area contributed by atoms with Crippen LogP contribution in [0.25, 0.3) is 0 Å². The van der Waals surface area contributed by atoms with E-state index in [0.717, 1.165) is 22.3 Å². The van der Waals surface area contributed by atoms with Gasteiger partial charge in [-0.25, -0.2) is 0 Å². The zero-order valence-corrected chi connectivity index (χ0v) is 38.1. The third kappa shape index (κ3) is 12.3. The van der Waals surface area contributed by atoms with Crippen molar-refractivity contribution in [2.24, 2.45) is 0 Å². The zero-order valence-electron chi connectivity index (χ0n) is 38.1. The number of aliphatic hydroxyl groups is 2. The van der Waals surface area contributed by atoms with E-state index in [1.165, 1.54) is 19.9 Å². The molecule has 0 aromatic heterocycles. The second-order valence-corrected chi connectivity index (χ2v) is 17.0. The minimum absolute atomic E-state index is 0.0478. The van der Waals surface area contributed by atoms with Crippen molar-refractivity contribution in [3.8, 4) is 0 Å². The maximum absolute atomic E-state index is 14.4. The highest BCUT2D eigenvalue weighted by Gasteiger charge is 2.72. The van der Waals surface area contributed by atoms with E-state index in [4.69, 9.17) is 33.2 Å². The Kier molecular flexibility index (Phi) is 17.6. The minimum atomic E-state index is -2.45. The summed E-state index contributed by atoms with van der Waals surface area (Å²) in [5, 5.41) is 32.5. The van der Waals surface area contributed by atoms with Crippen LogP contribution >= 0.6 is 0 Å². The van der Waals surface area contributed by atoms with E-state index in [1.54, 1.807) is 0 Å². The number of benzene rings is 5. The molecule has 2 aliphatic rings. The van der Waals surface area contributed by atoms with Gasteiger partial charge in [-0.15, -0.1) is 6.58 Å². The van der Waals surface area contributed by atoms with Crippen molar-refractivity contribution in [3.63, 3.8) is 0 Å². The number of nitrogens with one attached hydrogen (secondary N) is 2. The van der Waals surface area contributed by atoms with Gasteiger partial charge in [-0.2, -0.15) is 0 Å². The molecule has 13 nitrogen and oxygen atoms in total. The fraction of sp³-hybridized carbons (Fsp3) is 0.370. The van der Waals surface area contributed by atoms with Crippen molar-refractivity contribution >= 4 is 11.8 Å². The van der Waals surface area contributed by atoms with Crippen molar-refractivity contribution in [1.82, 2.24) is 10.6 Å². The van der Waals surface area contributed by atoms with Crippen molar-refractivity contribution in [1.29, 1.82) is 0 Å². The van der Waals surface area contributed by atoms with Gasteiger partial charge in [-0.05, 0) is 27.8 Å². The second kappa shape index (κ2) is 23.9. The quantitative estimate of drug-likeness (QED) is 0.0603. The van der Waals surface area contributed by atoms with E-state index in [1.807, 2.05) is 152 Å². The largest absolute Gasteiger partial charge is 0.393 e. The Morgan fingerprint density at radius 2 is 1.07 bits per heavy atom. The SMILES string of the molecule is C=CCO[C@@H]1[C@H](NC(C)=O)[C@@H](OCc2ccccc2)O[C@@](CO)(Cc2ccccc2)[C@]1(O)[C@@H]1O[C@H](COCc2ccccc2)[C@@H](OCc2ccccc2)[C@H](OCc2ccccc2)[C@@H]1NC(C)=O. The molecule has 2 heterocycles. The van der Waals surface area contributed by atoms with Gasteiger partial charge in [0, 0.05) is 20.3 Å². The molecule has 13 heteroatoms. The number of aliphatic hydroxyl groups excluding tert-OH is 1. The van der Waals surface area contributed by atoms with Crippen LogP contribution in [0.1, 0.15) is 41.7 Å². The van der Waals surface area contributed by atoms with Crippen LogP contribution < -0.4 is 10.6 Å². The number of ether oxygens (including phenoxy) is 7. The lowest BCUT2D eigenvalue weighted by Crippen LogP contribution is -2.85.